The van der Waals surface area contributed by atoms with Crippen molar-refractivity contribution in [3.05, 3.63) is 54.1 Å². The molecule has 0 spiro atoms. The van der Waals surface area contributed by atoms with Crippen molar-refractivity contribution in [1.82, 2.24) is 0 Å². The number of ether oxygens (including phenoxy) is 2. The smallest absolute Gasteiger partial charge is 0.332 e. The molecule has 0 aromatic heterocycles. The lowest BCUT2D eigenvalue weighted by Gasteiger charge is -2.18. The lowest BCUT2D eigenvalue weighted by atomic mass is 10.1. The van der Waals surface area contributed by atoms with Gasteiger partial charge in [0, 0.05) is 5.69 Å². The summed E-state index contributed by atoms with van der Waals surface area (Å²) >= 11 is 0. The Morgan fingerprint density at radius 3 is 2.43 bits per heavy atom. The van der Waals surface area contributed by atoms with Crippen LogP contribution in [-0.2, 0) is 9.53 Å². The molecule has 110 valence electrons. The van der Waals surface area contributed by atoms with Crippen LogP contribution in [0.2, 0.25) is 0 Å². The van der Waals surface area contributed by atoms with Gasteiger partial charge in [0.2, 0.25) is 0 Å². The van der Waals surface area contributed by atoms with E-state index in [9.17, 15) is 9.90 Å². The fraction of sp³-hybridized carbons (Fsp3) is 0.188. The Balaban J connectivity index is 2.32. The van der Waals surface area contributed by atoms with Crippen LogP contribution >= 0.6 is 0 Å². The Bertz CT molecular complexity index is 613. The summed E-state index contributed by atoms with van der Waals surface area (Å²) in [7, 11) is 2.79. The lowest BCUT2D eigenvalue weighted by molar-refractivity contribution is -0.141. The maximum Gasteiger partial charge on any atom is 0.332 e. The molecule has 1 unspecified atom stereocenters. The summed E-state index contributed by atoms with van der Waals surface area (Å²) in [5.74, 6) is -0.121. The Morgan fingerprint density at radius 2 is 1.86 bits per heavy atom. The summed E-state index contributed by atoms with van der Waals surface area (Å²) in [4.78, 5) is 12.0. The number of phenols is 1. The third-order valence-electron chi connectivity index (χ3n) is 3.06. The van der Waals surface area contributed by atoms with Gasteiger partial charge in [-0.1, -0.05) is 24.3 Å². The molecule has 0 aliphatic rings. The number of benzene rings is 2. The average Bonchev–Trinajstić information content (AvgIpc) is 2.53. The van der Waals surface area contributed by atoms with Gasteiger partial charge in [-0.05, 0) is 29.8 Å². The van der Waals surface area contributed by atoms with Gasteiger partial charge in [-0.25, -0.2) is 4.79 Å². The van der Waals surface area contributed by atoms with Crippen molar-refractivity contribution in [3.63, 3.8) is 0 Å². The van der Waals surface area contributed by atoms with Crippen molar-refractivity contribution < 1.29 is 19.4 Å². The first-order chi connectivity index (χ1) is 10.2. The highest BCUT2D eigenvalue weighted by Crippen LogP contribution is 2.30. The zero-order valence-electron chi connectivity index (χ0n) is 11.9. The second-order valence-electron chi connectivity index (χ2n) is 4.40. The zero-order chi connectivity index (χ0) is 15.2. The van der Waals surface area contributed by atoms with Crippen LogP contribution in [-0.4, -0.2) is 25.3 Å². The number of aromatic hydroxyl groups is 1. The number of nitrogens with one attached hydrogen (secondary N) is 1. The highest BCUT2D eigenvalue weighted by atomic mass is 16.5. The van der Waals surface area contributed by atoms with Crippen molar-refractivity contribution in [2.75, 3.05) is 19.5 Å². The van der Waals surface area contributed by atoms with Gasteiger partial charge in [0.25, 0.3) is 0 Å². The second-order valence-corrected chi connectivity index (χ2v) is 4.40. The van der Waals surface area contributed by atoms with Crippen LogP contribution in [0.4, 0.5) is 5.69 Å². The first-order valence-electron chi connectivity index (χ1n) is 6.42. The fourth-order valence-corrected chi connectivity index (χ4v) is 1.98. The van der Waals surface area contributed by atoms with Gasteiger partial charge in [0.1, 0.15) is 0 Å². The minimum atomic E-state index is -0.714. The van der Waals surface area contributed by atoms with Crippen LogP contribution in [0.5, 0.6) is 11.5 Å². The molecular weight excluding hydrogens is 270 g/mol. The van der Waals surface area contributed by atoms with Crippen LogP contribution in [0.3, 0.4) is 0 Å². The first-order valence-corrected chi connectivity index (χ1v) is 6.42. The van der Waals surface area contributed by atoms with Gasteiger partial charge < -0.3 is 19.9 Å². The highest BCUT2D eigenvalue weighted by Gasteiger charge is 2.22. The standard InChI is InChI=1S/C16H17NO4/c1-20-14-9-8-11(10-13(14)18)15(16(19)21-2)17-12-6-4-3-5-7-12/h3-10,15,17-18H,1-2H3. The van der Waals surface area contributed by atoms with Gasteiger partial charge in [0.15, 0.2) is 17.5 Å². The second kappa shape index (κ2) is 6.65. The lowest BCUT2D eigenvalue weighted by Crippen LogP contribution is -2.22. The van der Waals surface area contributed by atoms with E-state index in [1.54, 1.807) is 12.1 Å². The molecule has 0 aliphatic heterocycles. The number of hydrogen-bond acceptors (Lipinski definition) is 5. The Kier molecular flexibility index (Phi) is 4.66. The van der Waals surface area contributed by atoms with Crippen LogP contribution in [0.1, 0.15) is 11.6 Å². The molecule has 5 heteroatoms. The van der Waals surface area contributed by atoms with Gasteiger partial charge in [-0.2, -0.15) is 0 Å². The molecule has 0 fully saturated rings. The Labute approximate surface area is 123 Å². The zero-order valence-corrected chi connectivity index (χ0v) is 11.9. The average molecular weight is 287 g/mol. The Hall–Kier alpha value is -2.69. The van der Waals surface area contributed by atoms with E-state index in [1.807, 2.05) is 30.3 Å². The third-order valence-corrected chi connectivity index (χ3v) is 3.06. The SMILES string of the molecule is COC(=O)C(Nc1ccccc1)c1ccc(OC)c(O)c1. The van der Waals surface area contributed by atoms with Crippen LogP contribution < -0.4 is 10.1 Å². The number of methoxy groups -OCH3 is 2. The quantitative estimate of drug-likeness (QED) is 0.828. The number of hydrogen-bond donors (Lipinski definition) is 2. The number of carbonyl (C=O) groups excluding carboxylic acids is 1. The molecule has 2 aromatic rings. The third kappa shape index (κ3) is 3.45. The summed E-state index contributed by atoms with van der Waals surface area (Å²) in [6.07, 6.45) is 0. The summed E-state index contributed by atoms with van der Waals surface area (Å²) < 4.78 is 9.82. The van der Waals surface area contributed by atoms with Crippen LogP contribution in [0.15, 0.2) is 48.5 Å². The van der Waals surface area contributed by atoms with Crippen molar-refractivity contribution in [1.29, 1.82) is 0 Å². The predicted octanol–water partition coefficient (Wildman–Crippen LogP) is 2.73. The predicted molar refractivity (Wildman–Crippen MR) is 79.5 cm³/mol. The number of carbonyl (C=O) groups is 1. The van der Waals surface area contributed by atoms with Gasteiger partial charge in [-0.15, -0.1) is 0 Å². The number of para-hydroxylation sites is 1. The fourth-order valence-electron chi connectivity index (χ4n) is 1.98. The molecule has 0 bridgehead atoms. The van der Waals surface area contributed by atoms with Crippen molar-refractivity contribution >= 4 is 11.7 Å². The van der Waals surface area contributed by atoms with E-state index in [1.165, 1.54) is 20.3 Å². The molecule has 0 amide bonds. The molecule has 2 N–H and O–H groups in total. The van der Waals surface area contributed by atoms with Crippen molar-refractivity contribution in [2.24, 2.45) is 0 Å². The highest BCUT2D eigenvalue weighted by molar-refractivity contribution is 5.81. The molecule has 1 atom stereocenters. The monoisotopic (exact) mass is 287 g/mol. The molecular formula is C16H17NO4. The summed E-state index contributed by atoms with van der Waals surface area (Å²) in [6.45, 7) is 0. The number of anilines is 1. The van der Waals surface area contributed by atoms with Gasteiger partial charge in [-0.3, -0.25) is 0 Å². The molecule has 0 heterocycles. The van der Waals surface area contributed by atoms with Gasteiger partial charge >= 0.3 is 5.97 Å². The number of rotatable bonds is 5. The summed E-state index contributed by atoms with van der Waals surface area (Å²) in [5, 5.41) is 12.9. The minimum absolute atomic E-state index is 0.0289. The van der Waals surface area contributed by atoms with Gasteiger partial charge in [0.05, 0.1) is 14.2 Å². The molecule has 0 saturated heterocycles. The van der Waals surface area contributed by atoms with E-state index in [4.69, 9.17) is 9.47 Å². The molecule has 21 heavy (non-hydrogen) atoms. The number of esters is 1. The van der Waals surface area contributed by atoms with Crippen LogP contribution in [0, 0.1) is 0 Å². The van der Waals surface area contributed by atoms with E-state index in [-0.39, 0.29) is 5.75 Å². The summed E-state index contributed by atoms with van der Waals surface area (Å²) in [5.41, 5.74) is 1.37. The molecule has 2 aromatic carbocycles. The number of phenolic OH excluding ortho intramolecular Hbond substituents is 1. The van der Waals surface area contributed by atoms with Crippen LogP contribution in [0.25, 0.3) is 0 Å². The molecule has 0 aliphatic carbocycles. The van der Waals surface area contributed by atoms with E-state index < -0.39 is 12.0 Å². The molecule has 2 rings (SSSR count). The van der Waals surface area contributed by atoms with E-state index >= 15 is 0 Å². The maximum absolute atomic E-state index is 12.0. The molecule has 0 saturated carbocycles. The molecule has 0 radical (unpaired) electrons. The van der Waals surface area contributed by atoms with E-state index in [0.29, 0.717) is 11.3 Å². The van der Waals surface area contributed by atoms with E-state index in [0.717, 1.165) is 5.69 Å². The molecule has 5 nitrogen and oxygen atoms in total. The first kappa shape index (κ1) is 14.7. The normalized spacial score (nSPS) is 11.5. The topological polar surface area (TPSA) is 67.8 Å². The van der Waals surface area contributed by atoms with E-state index in [2.05, 4.69) is 5.32 Å². The Morgan fingerprint density at radius 1 is 1.14 bits per heavy atom. The van der Waals surface area contributed by atoms with Crippen molar-refractivity contribution in [2.45, 2.75) is 6.04 Å². The maximum atomic E-state index is 12.0. The minimum Gasteiger partial charge on any atom is -0.504 e. The summed E-state index contributed by atoms with van der Waals surface area (Å²) in [6, 6.07) is 13.4. The largest absolute Gasteiger partial charge is 0.504 e. The van der Waals surface area contributed by atoms with Crippen molar-refractivity contribution in [3.8, 4) is 11.5 Å².